The highest BCUT2D eigenvalue weighted by Gasteiger charge is 2.22. The molecule has 0 atom stereocenters. The van der Waals surface area contributed by atoms with E-state index in [4.69, 9.17) is 0 Å². The van der Waals surface area contributed by atoms with Crippen molar-refractivity contribution < 1.29 is 4.79 Å². The van der Waals surface area contributed by atoms with Crippen molar-refractivity contribution in [1.82, 2.24) is 0 Å². The van der Waals surface area contributed by atoms with E-state index in [1.807, 2.05) is 6.08 Å². The van der Waals surface area contributed by atoms with Crippen LogP contribution < -0.4 is 4.90 Å². The van der Waals surface area contributed by atoms with E-state index in [0.29, 0.717) is 6.42 Å². The van der Waals surface area contributed by atoms with E-state index in [2.05, 4.69) is 29.2 Å². The van der Waals surface area contributed by atoms with Crippen LogP contribution in [0.25, 0.3) is 0 Å². The normalized spacial score (nSPS) is 19.9. The van der Waals surface area contributed by atoms with Crippen LogP contribution in [-0.2, 0) is 11.2 Å². The number of nitrogens with zero attached hydrogens (tertiary/aromatic N) is 1. The number of rotatable bonds is 1. The third-order valence-electron chi connectivity index (χ3n) is 3.66. The summed E-state index contributed by atoms with van der Waals surface area (Å²) in [4.78, 5) is 13.7. The van der Waals surface area contributed by atoms with Gasteiger partial charge in [0.2, 0.25) is 0 Å². The third-order valence-corrected chi connectivity index (χ3v) is 3.66. The van der Waals surface area contributed by atoms with Gasteiger partial charge in [-0.25, -0.2) is 0 Å². The molecule has 0 saturated heterocycles. The maximum absolute atomic E-state index is 11.4. The van der Waals surface area contributed by atoms with Crippen molar-refractivity contribution in [2.45, 2.75) is 32.1 Å². The number of aryl methyl sites for hydroxylation is 1. The van der Waals surface area contributed by atoms with Gasteiger partial charge < -0.3 is 4.90 Å². The predicted molar refractivity (Wildman–Crippen MR) is 69.1 cm³/mol. The number of anilines is 1. The molecule has 0 N–H and O–H groups in total. The molecule has 0 spiro atoms. The zero-order valence-electron chi connectivity index (χ0n) is 9.98. The first kappa shape index (κ1) is 10.6. The topological polar surface area (TPSA) is 20.3 Å². The Bertz CT molecular complexity index is 476. The lowest BCUT2D eigenvalue weighted by Gasteiger charge is -2.25. The molecular weight excluding hydrogens is 210 g/mol. The minimum absolute atomic E-state index is 0.279. The van der Waals surface area contributed by atoms with Gasteiger partial charge in [-0.05, 0) is 37.3 Å². The Hall–Kier alpha value is -1.57. The smallest absolute Gasteiger partial charge is 0.157 e. The molecule has 3 rings (SSSR count). The second kappa shape index (κ2) is 4.36. The SMILES string of the molecule is O=C1C=C(N2CCCCc3ccccc32)CC1. The van der Waals surface area contributed by atoms with E-state index in [1.54, 1.807) is 0 Å². The molecule has 1 aliphatic heterocycles. The molecule has 0 fully saturated rings. The van der Waals surface area contributed by atoms with Crippen molar-refractivity contribution >= 4 is 11.5 Å². The summed E-state index contributed by atoms with van der Waals surface area (Å²) in [6.45, 7) is 1.05. The standard InChI is InChI=1S/C15H17NO/c17-14-9-8-13(11-14)16-10-4-3-6-12-5-1-2-7-15(12)16/h1-2,5,7,11H,3-4,6,8-10H2. The fourth-order valence-electron chi connectivity index (χ4n) is 2.78. The van der Waals surface area contributed by atoms with Gasteiger partial charge in [0.1, 0.15) is 0 Å². The molecule has 2 aliphatic rings. The minimum Gasteiger partial charge on any atom is -0.345 e. The quantitative estimate of drug-likeness (QED) is 0.735. The van der Waals surface area contributed by atoms with Crippen LogP contribution in [-0.4, -0.2) is 12.3 Å². The second-order valence-electron chi connectivity index (χ2n) is 4.84. The van der Waals surface area contributed by atoms with Gasteiger partial charge in [0.05, 0.1) is 0 Å². The molecule has 17 heavy (non-hydrogen) atoms. The van der Waals surface area contributed by atoms with Crippen molar-refractivity contribution in [1.29, 1.82) is 0 Å². The number of hydrogen-bond acceptors (Lipinski definition) is 2. The van der Waals surface area contributed by atoms with Gasteiger partial charge >= 0.3 is 0 Å². The predicted octanol–water partition coefficient (Wildman–Crippen LogP) is 3.08. The first-order valence-corrected chi connectivity index (χ1v) is 6.43. The Kier molecular flexibility index (Phi) is 2.71. The van der Waals surface area contributed by atoms with Gasteiger partial charge in [0, 0.05) is 30.4 Å². The summed E-state index contributed by atoms with van der Waals surface area (Å²) in [5, 5.41) is 0. The lowest BCUT2D eigenvalue weighted by atomic mass is 10.1. The molecule has 2 heteroatoms. The Morgan fingerprint density at radius 3 is 2.71 bits per heavy atom. The molecule has 1 aromatic rings. The molecular formula is C15H17NO. The lowest BCUT2D eigenvalue weighted by Crippen LogP contribution is -2.22. The largest absolute Gasteiger partial charge is 0.345 e. The number of allylic oxidation sites excluding steroid dienone is 2. The van der Waals surface area contributed by atoms with E-state index in [9.17, 15) is 4.79 Å². The van der Waals surface area contributed by atoms with E-state index >= 15 is 0 Å². The molecule has 0 unspecified atom stereocenters. The van der Waals surface area contributed by atoms with Crippen molar-refractivity contribution in [2.75, 3.05) is 11.4 Å². The molecule has 88 valence electrons. The van der Waals surface area contributed by atoms with Gasteiger partial charge in [-0.2, -0.15) is 0 Å². The lowest BCUT2D eigenvalue weighted by molar-refractivity contribution is -0.114. The van der Waals surface area contributed by atoms with Crippen LogP contribution in [0.1, 0.15) is 31.2 Å². The Morgan fingerprint density at radius 2 is 1.88 bits per heavy atom. The number of benzene rings is 1. The first-order valence-electron chi connectivity index (χ1n) is 6.43. The fraction of sp³-hybridized carbons (Fsp3) is 0.400. The summed E-state index contributed by atoms with van der Waals surface area (Å²) >= 11 is 0. The number of hydrogen-bond donors (Lipinski definition) is 0. The van der Waals surface area contributed by atoms with E-state index in [0.717, 1.165) is 19.4 Å². The highest BCUT2D eigenvalue weighted by molar-refractivity contribution is 5.93. The maximum atomic E-state index is 11.4. The maximum Gasteiger partial charge on any atom is 0.157 e. The van der Waals surface area contributed by atoms with Gasteiger partial charge in [0.25, 0.3) is 0 Å². The Balaban J connectivity index is 2.00. The van der Waals surface area contributed by atoms with Crippen molar-refractivity contribution in [3.8, 4) is 0 Å². The summed E-state index contributed by atoms with van der Waals surface area (Å²) in [5.41, 5.74) is 3.94. The van der Waals surface area contributed by atoms with Crippen LogP contribution in [0, 0.1) is 0 Å². The highest BCUT2D eigenvalue weighted by atomic mass is 16.1. The van der Waals surface area contributed by atoms with Crippen molar-refractivity contribution in [3.63, 3.8) is 0 Å². The summed E-state index contributed by atoms with van der Waals surface area (Å²) in [6.07, 6.45) is 7.05. The van der Waals surface area contributed by atoms with Gasteiger partial charge in [-0.1, -0.05) is 18.2 Å². The molecule has 0 saturated carbocycles. The van der Waals surface area contributed by atoms with Crippen LogP contribution in [0.2, 0.25) is 0 Å². The average molecular weight is 227 g/mol. The summed E-state index contributed by atoms with van der Waals surface area (Å²) in [5.74, 6) is 0.279. The van der Waals surface area contributed by atoms with E-state index in [-0.39, 0.29) is 5.78 Å². The summed E-state index contributed by atoms with van der Waals surface area (Å²) in [6, 6.07) is 8.60. The third kappa shape index (κ3) is 1.99. The molecule has 1 aromatic carbocycles. The van der Waals surface area contributed by atoms with Gasteiger partial charge in [0.15, 0.2) is 5.78 Å². The molecule has 0 bridgehead atoms. The zero-order chi connectivity index (χ0) is 11.7. The molecule has 0 aromatic heterocycles. The second-order valence-corrected chi connectivity index (χ2v) is 4.84. The van der Waals surface area contributed by atoms with Crippen molar-refractivity contribution in [2.24, 2.45) is 0 Å². The monoisotopic (exact) mass is 227 g/mol. The molecule has 0 amide bonds. The van der Waals surface area contributed by atoms with Gasteiger partial charge in [-0.15, -0.1) is 0 Å². The Labute approximate surface area is 102 Å². The summed E-state index contributed by atoms with van der Waals surface area (Å²) < 4.78 is 0. The van der Waals surface area contributed by atoms with Crippen LogP contribution in [0.3, 0.4) is 0 Å². The zero-order valence-corrected chi connectivity index (χ0v) is 9.98. The fourth-order valence-corrected chi connectivity index (χ4v) is 2.78. The Morgan fingerprint density at radius 1 is 1.00 bits per heavy atom. The van der Waals surface area contributed by atoms with Crippen LogP contribution in [0.5, 0.6) is 0 Å². The molecule has 2 nitrogen and oxygen atoms in total. The summed E-state index contributed by atoms with van der Waals surface area (Å²) in [7, 11) is 0. The number of carbonyl (C=O) groups is 1. The van der Waals surface area contributed by atoms with Crippen LogP contribution in [0.15, 0.2) is 36.0 Å². The minimum atomic E-state index is 0.279. The number of carbonyl (C=O) groups excluding carboxylic acids is 1. The molecule has 0 radical (unpaired) electrons. The molecule has 1 heterocycles. The number of para-hydroxylation sites is 1. The highest BCUT2D eigenvalue weighted by Crippen LogP contribution is 2.32. The van der Waals surface area contributed by atoms with Crippen molar-refractivity contribution in [3.05, 3.63) is 41.6 Å². The number of fused-ring (bicyclic) bond motifs is 1. The number of ketones is 1. The molecule has 1 aliphatic carbocycles. The average Bonchev–Trinajstić information content (AvgIpc) is 2.66. The van der Waals surface area contributed by atoms with E-state index in [1.165, 1.54) is 29.8 Å². The van der Waals surface area contributed by atoms with Crippen LogP contribution in [0.4, 0.5) is 5.69 Å². The first-order chi connectivity index (χ1) is 8.34. The van der Waals surface area contributed by atoms with Crippen LogP contribution >= 0.6 is 0 Å². The van der Waals surface area contributed by atoms with Gasteiger partial charge in [-0.3, -0.25) is 4.79 Å². The van der Waals surface area contributed by atoms with E-state index < -0.39 is 0 Å².